The van der Waals surface area contributed by atoms with Gasteiger partial charge in [0.2, 0.25) is 15.9 Å². The fourth-order valence-electron chi connectivity index (χ4n) is 4.08. The maximum Gasteiger partial charge on any atom is 0.245 e. The fraction of sp³-hybridized carbons (Fsp3) is 0.476. The van der Waals surface area contributed by atoms with E-state index in [0.717, 1.165) is 42.6 Å². The Bertz CT molecular complexity index is 1150. The van der Waals surface area contributed by atoms with Gasteiger partial charge in [-0.3, -0.25) is 4.98 Å². The molecule has 29 heavy (non-hydrogen) atoms. The van der Waals surface area contributed by atoms with Crippen LogP contribution >= 0.6 is 0 Å². The SMILES string of the molecule is Cc1ccc2cccc(S(=O)(=O)N3CCCC(Cc4nc(C5CC5)no4)C3)c2n1. The summed E-state index contributed by atoms with van der Waals surface area (Å²) in [5, 5.41) is 4.91. The van der Waals surface area contributed by atoms with Crippen molar-refractivity contribution in [1.82, 2.24) is 19.4 Å². The van der Waals surface area contributed by atoms with Gasteiger partial charge in [0.1, 0.15) is 4.90 Å². The van der Waals surface area contributed by atoms with Gasteiger partial charge in [-0.2, -0.15) is 9.29 Å². The molecule has 0 spiro atoms. The first-order valence-electron chi connectivity index (χ1n) is 10.2. The minimum absolute atomic E-state index is 0.177. The summed E-state index contributed by atoms with van der Waals surface area (Å²) in [7, 11) is -3.62. The first-order valence-corrected chi connectivity index (χ1v) is 11.6. The number of nitrogens with zero attached hydrogens (tertiary/aromatic N) is 4. The molecule has 1 saturated heterocycles. The van der Waals surface area contributed by atoms with E-state index in [1.807, 2.05) is 25.1 Å². The Hall–Kier alpha value is -2.32. The van der Waals surface area contributed by atoms with Crippen molar-refractivity contribution in [2.75, 3.05) is 13.1 Å². The first kappa shape index (κ1) is 18.7. The van der Waals surface area contributed by atoms with Gasteiger partial charge in [0.05, 0.1) is 5.52 Å². The predicted molar refractivity (Wildman–Crippen MR) is 108 cm³/mol. The van der Waals surface area contributed by atoms with Crippen molar-refractivity contribution < 1.29 is 12.9 Å². The molecular weight excluding hydrogens is 388 g/mol. The minimum atomic E-state index is -3.62. The van der Waals surface area contributed by atoms with Crippen LogP contribution in [0.1, 0.15) is 49.0 Å². The van der Waals surface area contributed by atoms with Gasteiger partial charge in [-0.25, -0.2) is 8.42 Å². The van der Waals surface area contributed by atoms with Crippen LogP contribution in [0.5, 0.6) is 0 Å². The number of sulfonamides is 1. The van der Waals surface area contributed by atoms with E-state index in [1.165, 1.54) is 0 Å². The molecule has 2 aromatic heterocycles. The van der Waals surface area contributed by atoms with Gasteiger partial charge >= 0.3 is 0 Å². The lowest BCUT2D eigenvalue weighted by molar-refractivity contribution is 0.247. The number of aromatic nitrogens is 3. The van der Waals surface area contributed by atoms with E-state index in [2.05, 4.69) is 15.1 Å². The highest BCUT2D eigenvalue weighted by Crippen LogP contribution is 2.38. The number of para-hydroxylation sites is 1. The maximum absolute atomic E-state index is 13.4. The van der Waals surface area contributed by atoms with E-state index in [9.17, 15) is 8.42 Å². The molecule has 0 amide bonds. The molecule has 7 nitrogen and oxygen atoms in total. The van der Waals surface area contributed by atoms with Crippen molar-refractivity contribution in [2.24, 2.45) is 5.92 Å². The Labute approximate surface area is 170 Å². The zero-order valence-corrected chi connectivity index (χ0v) is 17.2. The van der Waals surface area contributed by atoms with Crippen LogP contribution in [0.15, 0.2) is 39.8 Å². The van der Waals surface area contributed by atoms with Crippen molar-refractivity contribution in [3.05, 3.63) is 47.7 Å². The van der Waals surface area contributed by atoms with Crippen molar-refractivity contribution >= 4 is 20.9 Å². The van der Waals surface area contributed by atoms with Crippen LogP contribution in [-0.4, -0.2) is 40.9 Å². The average molecular weight is 413 g/mol. The van der Waals surface area contributed by atoms with E-state index < -0.39 is 10.0 Å². The molecule has 152 valence electrons. The van der Waals surface area contributed by atoms with E-state index in [0.29, 0.717) is 36.8 Å². The minimum Gasteiger partial charge on any atom is -0.339 e. The Balaban J connectivity index is 1.38. The molecule has 1 atom stereocenters. The van der Waals surface area contributed by atoms with E-state index >= 15 is 0 Å². The summed E-state index contributed by atoms with van der Waals surface area (Å²) in [6.45, 7) is 2.87. The Morgan fingerprint density at radius 2 is 2.00 bits per heavy atom. The van der Waals surface area contributed by atoms with Gasteiger partial charge in [-0.15, -0.1) is 0 Å². The largest absolute Gasteiger partial charge is 0.339 e. The number of hydrogen-bond acceptors (Lipinski definition) is 6. The fourth-order valence-corrected chi connectivity index (χ4v) is 5.79. The van der Waals surface area contributed by atoms with Gasteiger partial charge in [0, 0.05) is 36.5 Å². The maximum atomic E-state index is 13.4. The van der Waals surface area contributed by atoms with E-state index in [1.54, 1.807) is 16.4 Å². The summed E-state index contributed by atoms with van der Waals surface area (Å²) in [5.74, 6) is 2.06. The second-order valence-electron chi connectivity index (χ2n) is 8.18. The van der Waals surface area contributed by atoms with Crippen molar-refractivity contribution in [3.8, 4) is 0 Å². The third-order valence-corrected chi connectivity index (χ3v) is 7.71. The molecule has 1 aliphatic carbocycles. The monoisotopic (exact) mass is 412 g/mol. The lowest BCUT2D eigenvalue weighted by Gasteiger charge is -2.31. The number of piperidine rings is 1. The Kier molecular flexibility index (Phi) is 4.63. The second-order valence-corrected chi connectivity index (χ2v) is 10.1. The van der Waals surface area contributed by atoms with Crippen LogP contribution in [0.4, 0.5) is 0 Å². The van der Waals surface area contributed by atoms with E-state index in [4.69, 9.17) is 4.52 Å². The highest BCUT2D eigenvalue weighted by Gasteiger charge is 2.33. The number of rotatable bonds is 5. The van der Waals surface area contributed by atoms with Crippen LogP contribution in [0.3, 0.4) is 0 Å². The first-order chi connectivity index (χ1) is 14.0. The van der Waals surface area contributed by atoms with Crippen LogP contribution in [0, 0.1) is 12.8 Å². The summed E-state index contributed by atoms with van der Waals surface area (Å²) in [6.07, 6.45) is 4.67. The second kappa shape index (κ2) is 7.18. The average Bonchev–Trinajstić information content (AvgIpc) is 3.47. The van der Waals surface area contributed by atoms with Crippen molar-refractivity contribution in [3.63, 3.8) is 0 Å². The molecule has 1 saturated carbocycles. The molecule has 1 aromatic carbocycles. The summed E-state index contributed by atoms with van der Waals surface area (Å²) < 4.78 is 33.9. The molecule has 3 heterocycles. The zero-order valence-electron chi connectivity index (χ0n) is 16.4. The lowest BCUT2D eigenvalue weighted by atomic mass is 9.96. The van der Waals surface area contributed by atoms with E-state index in [-0.39, 0.29) is 10.8 Å². The van der Waals surface area contributed by atoms with Crippen molar-refractivity contribution in [1.29, 1.82) is 0 Å². The molecule has 1 unspecified atom stereocenters. The van der Waals surface area contributed by atoms with Gasteiger partial charge in [-0.1, -0.05) is 23.4 Å². The zero-order chi connectivity index (χ0) is 20.0. The molecular formula is C21H24N4O3S. The van der Waals surface area contributed by atoms with Crippen LogP contribution < -0.4 is 0 Å². The number of aryl methyl sites for hydroxylation is 1. The molecule has 2 fully saturated rings. The smallest absolute Gasteiger partial charge is 0.245 e. The lowest BCUT2D eigenvalue weighted by Crippen LogP contribution is -2.40. The molecule has 0 N–H and O–H groups in total. The summed E-state index contributed by atoms with van der Waals surface area (Å²) >= 11 is 0. The summed E-state index contributed by atoms with van der Waals surface area (Å²) in [6, 6.07) is 9.16. The highest BCUT2D eigenvalue weighted by molar-refractivity contribution is 7.89. The predicted octanol–water partition coefficient (Wildman–Crippen LogP) is 3.45. The number of benzene rings is 1. The van der Waals surface area contributed by atoms with Gasteiger partial charge in [0.15, 0.2) is 5.82 Å². The third kappa shape index (κ3) is 3.67. The van der Waals surface area contributed by atoms with Crippen LogP contribution in [-0.2, 0) is 16.4 Å². The van der Waals surface area contributed by atoms with Crippen LogP contribution in [0.2, 0.25) is 0 Å². The topological polar surface area (TPSA) is 89.2 Å². The molecule has 0 bridgehead atoms. The third-order valence-electron chi connectivity index (χ3n) is 5.81. The van der Waals surface area contributed by atoms with Gasteiger partial charge < -0.3 is 4.52 Å². The molecule has 5 rings (SSSR count). The Morgan fingerprint density at radius 1 is 1.14 bits per heavy atom. The van der Waals surface area contributed by atoms with Crippen molar-refractivity contribution in [2.45, 2.75) is 49.8 Å². The highest BCUT2D eigenvalue weighted by atomic mass is 32.2. The number of fused-ring (bicyclic) bond motifs is 1. The molecule has 3 aromatic rings. The number of pyridine rings is 1. The van der Waals surface area contributed by atoms with Gasteiger partial charge in [0.25, 0.3) is 0 Å². The summed E-state index contributed by atoms with van der Waals surface area (Å²) in [5.41, 5.74) is 1.35. The molecule has 8 heteroatoms. The summed E-state index contributed by atoms with van der Waals surface area (Å²) in [4.78, 5) is 9.30. The Morgan fingerprint density at radius 3 is 2.83 bits per heavy atom. The normalized spacial score (nSPS) is 20.9. The molecule has 1 aliphatic heterocycles. The van der Waals surface area contributed by atoms with Crippen LogP contribution in [0.25, 0.3) is 10.9 Å². The number of hydrogen-bond donors (Lipinski definition) is 0. The molecule has 2 aliphatic rings. The molecule has 0 radical (unpaired) electrons. The van der Waals surface area contributed by atoms with Gasteiger partial charge in [-0.05, 0) is 50.7 Å². The standard InChI is InChI=1S/C21H24N4O3S/c1-14-7-8-16-5-2-6-18(20(16)22-14)29(26,27)25-11-3-4-15(13-25)12-19-23-21(24-28-19)17-9-10-17/h2,5-8,15,17H,3-4,9-13H2,1H3. The quantitative estimate of drug-likeness (QED) is 0.638.